The predicted molar refractivity (Wildman–Crippen MR) is 68.9 cm³/mol. The summed E-state index contributed by atoms with van der Waals surface area (Å²) in [6.07, 6.45) is 3.06. The molecular formula is C13H15FN4O. The highest BCUT2D eigenvalue weighted by Gasteiger charge is 2.20. The molecule has 1 atom stereocenters. The smallest absolute Gasteiger partial charge is 0.237 e. The van der Waals surface area contributed by atoms with Gasteiger partial charge in [0.25, 0.3) is 0 Å². The minimum atomic E-state index is -0.488. The second-order valence-corrected chi connectivity index (χ2v) is 4.11. The highest BCUT2D eigenvalue weighted by molar-refractivity contribution is 5.35. The van der Waals surface area contributed by atoms with Gasteiger partial charge in [-0.15, -0.1) is 0 Å². The van der Waals surface area contributed by atoms with E-state index < -0.39 is 6.04 Å². The first-order valence-corrected chi connectivity index (χ1v) is 5.74. The fraction of sp³-hybridized carbons (Fsp3) is 0.231. The van der Waals surface area contributed by atoms with Crippen LogP contribution >= 0.6 is 0 Å². The Hall–Kier alpha value is -2.05. The lowest BCUT2D eigenvalue weighted by Gasteiger charge is -2.18. The summed E-state index contributed by atoms with van der Waals surface area (Å²) in [5.74, 6) is 5.60. The molecule has 2 rings (SSSR count). The summed E-state index contributed by atoms with van der Waals surface area (Å²) >= 11 is 0. The Morgan fingerprint density at radius 3 is 2.63 bits per heavy atom. The van der Waals surface area contributed by atoms with Gasteiger partial charge in [-0.05, 0) is 30.2 Å². The van der Waals surface area contributed by atoms with Gasteiger partial charge < -0.3 is 4.74 Å². The van der Waals surface area contributed by atoms with E-state index in [1.807, 2.05) is 13.0 Å². The maximum atomic E-state index is 13.5. The minimum Gasteiger partial charge on any atom is -0.480 e. The zero-order valence-electron chi connectivity index (χ0n) is 10.7. The molecule has 1 heterocycles. The number of hydrogen-bond acceptors (Lipinski definition) is 5. The molecule has 0 radical (unpaired) electrons. The Morgan fingerprint density at radius 1 is 1.26 bits per heavy atom. The number of hydrogen-bond donors (Lipinski definition) is 2. The summed E-state index contributed by atoms with van der Waals surface area (Å²) in [5, 5.41) is 0. The Kier molecular flexibility index (Phi) is 4.03. The number of rotatable bonds is 4. The largest absolute Gasteiger partial charge is 0.480 e. The van der Waals surface area contributed by atoms with Gasteiger partial charge in [0.1, 0.15) is 11.5 Å². The zero-order chi connectivity index (χ0) is 13.8. The van der Waals surface area contributed by atoms with Gasteiger partial charge in [0.15, 0.2) is 0 Å². The van der Waals surface area contributed by atoms with Crippen molar-refractivity contribution >= 4 is 0 Å². The summed E-state index contributed by atoms with van der Waals surface area (Å²) in [6.45, 7) is 1.81. The molecule has 0 spiro atoms. The van der Waals surface area contributed by atoms with Gasteiger partial charge in [-0.2, -0.15) is 0 Å². The summed E-state index contributed by atoms with van der Waals surface area (Å²) in [4.78, 5) is 8.27. The van der Waals surface area contributed by atoms with E-state index in [4.69, 9.17) is 10.6 Å². The van der Waals surface area contributed by atoms with Gasteiger partial charge in [-0.3, -0.25) is 10.8 Å². The number of aryl methyl sites for hydroxylation is 1. The van der Waals surface area contributed by atoms with Gasteiger partial charge in [-0.25, -0.2) is 14.8 Å². The van der Waals surface area contributed by atoms with Crippen molar-refractivity contribution in [2.24, 2.45) is 5.84 Å². The highest BCUT2D eigenvalue weighted by Crippen LogP contribution is 2.26. The first kappa shape index (κ1) is 13.4. The lowest BCUT2D eigenvalue weighted by molar-refractivity contribution is 0.383. The van der Waals surface area contributed by atoms with Gasteiger partial charge in [-0.1, -0.05) is 6.07 Å². The van der Waals surface area contributed by atoms with E-state index in [9.17, 15) is 4.39 Å². The summed E-state index contributed by atoms with van der Waals surface area (Å²) in [6, 6.07) is 4.20. The average Bonchev–Trinajstić information content (AvgIpc) is 2.39. The third kappa shape index (κ3) is 2.86. The zero-order valence-corrected chi connectivity index (χ0v) is 10.7. The SMILES string of the molecule is COc1nccnc1C(NN)c1cc(C)cc(F)c1. The van der Waals surface area contributed by atoms with Crippen LogP contribution in [0.5, 0.6) is 5.88 Å². The number of nitrogens with two attached hydrogens (primary N) is 1. The number of ether oxygens (including phenoxy) is 1. The van der Waals surface area contributed by atoms with E-state index in [0.717, 1.165) is 5.56 Å². The van der Waals surface area contributed by atoms with E-state index in [-0.39, 0.29) is 5.82 Å². The van der Waals surface area contributed by atoms with E-state index in [2.05, 4.69) is 15.4 Å². The Morgan fingerprint density at radius 2 is 2.00 bits per heavy atom. The molecule has 2 aromatic rings. The first-order chi connectivity index (χ1) is 9.15. The Bertz CT molecular complexity index is 556. The highest BCUT2D eigenvalue weighted by atomic mass is 19.1. The molecule has 0 saturated carbocycles. The van der Waals surface area contributed by atoms with Crippen molar-refractivity contribution in [3.63, 3.8) is 0 Å². The van der Waals surface area contributed by atoms with E-state index in [0.29, 0.717) is 17.1 Å². The molecule has 5 nitrogen and oxygen atoms in total. The average molecular weight is 262 g/mol. The number of hydrazine groups is 1. The second kappa shape index (κ2) is 5.73. The van der Waals surface area contributed by atoms with E-state index in [1.165, 1.54) is 31.6 Å². The monoisotopic (exact) mass is 262 g/mol. The fourth-order valence-electron chi connectivity index (χ4n) is 1.96. The molecule has 0 amide bonds. The molecule has 0 fully saturated rings. The van der Waals surface area contributed by atoms with Crippen molar-refractivity contribution in [2.75, 3.05) is 7.11 Å². The standard InChI is InChI=1S/C13H15FN4O/c1-8-5-9(7-10(14)6-8)11(18-15)12-13(19-2)17-4-3-16-12/h3-7,11,18H,15H2,1-2H3. The minimum absolute atomic E-state index is 0.321. The van der Waals surface area contributed by atoms with Crippen LogP contribution in [0.1, 0.15) is 22.9 Å². The fourth-order valence-corrected chi connectivity index (χ4v) is 1.96. The van der Waals surface area contributed by atoms with Gasteiger partial charge in [0.2, 0.25) is 5.88 Å². The van der Waals surface area contributed by atoms with Crippen LogP contribution in [0.3, 0.4) is 0 Å². The van der Waals surface area contributed by atoms with Crippen LogP contribution < -0.4 is 16.0 Å². The number of nitrogens with zero attached hydrogens (tertiary/aromatic N) is 2. The summed E-state index contributed by atoms with van der Waals surface area (Å²) in [7, 11) is 1.50. The van der Waals surface area contributed by atoms with Crippen molar-refractivity contribution in [3.05, 3.63) is 53.2 Å². The molecule has 1 aromatic heterocycles. The van der Waals surface area contributed by atoms with Crippen molar-refractivity contribution in [1.29, 1.82) is 0 Å². The molecular weight excluding hydrogens is 247 g/mol. The van der Waals surface area contributed by atoms with Crippen LogP contribution in [0.25, 0.3) is 0 Å². The topological polar surface area (TPSA) is 73.1 Å². The second-order valence-electron chi connectivity index (χ2n) is 4.11. The van der Waals surface area contributed by atoms with Crippen LogP contribution in [-0.4, -0.2) is 17.1 Å². The molecule has 1 unspecified atom stereocenters. The number of methoxy groups -OCH3 is 1. The molecule has 3 N–H and O–H groups in total. The molecule has 6 heteroatoms. The van der Waals surface area contributed by atoms with Crippen molar-refractivity contribution in [3.8, 4) is 5.88 Å². The molecule has 0 aliphatic rings. The molecule has 0 aliphatic carbocycles. The van der Waals surface area contributed by atoms with Crippen molar-refractivity contribution in [1.82, 2.24) is 15.4 Å². The number of nitrogens with one attached hydrogen (secondary N) is 1. The molecule has 100 valence electrons. The molecule has 0 bridgehead atoms. The number of benzene rings is 1. The number of halogens is 1. The van der Waals surface area contributed by atoms with E-state index >= 15 is 0 Å². The normalized spacial score (nSPS) is 12.2. The van der Waals surface area contributed by atoms with Crippen LogP contribution in [0, 0.1) is 12.7 Å². The van der Waals surface area contributed by atoms with Crippen LogP contribution in [-0.2, 0) is 0 Å². The lowest BCUT2D eigenvalue weighted by Crippen LogP contribution is -2.30. The Labute approximate surface area is 110 Å². The third-order valence-electron chi connectivity index (χ3n) is 2.72. The van der Waals surface area contributed by atoms with Crippen molar-refractivity contribution < 1.29 is 9.13 Å². The van der Waals surface area contributed by atoms with Crippen molar-refractivity contribution in [2.45, 2.75) is 13.0 Å². The van der Waals surface area contributed by atoms with Crippen LogP contribution in [0.2, 0.25) is 0 Å². The molecule has 19 heavy (non-hydrogen) atoms. The van der Waals surface area contributed by atoms with Crippen LogP contribution in [0.15, 0.2) is 30.6 Å². The maximum absolute atomic E-state index is 13.5. The van der Waals surface area contributed by atoms with E-state index in [1.54, 1.807) is 0 Å². The van der Waals surface area contributed by atoms with Crippen LogP contribution in [0.4, 0.5) is 4.39 Å². The lowest BCUT2D eigenvalue weighted by atomic mass is 10.0. The first-order valence-electron chi connectivity index (χ1n) is 5.74. The van der Waals surface area contributed by atoms with Gasteiger partial charge >= 0.3 is 0 Å². The molecule has 0 aliphatic heterocycles. The third-order valence-corrected chi connectivity index (χ3v) is 2.72. The number of aromatic nitrogens is 2. The quantitative estimate of drug-likeness (QED) is 0.645. The molecule has 0 saturated heterocycles. The molecule has 1 aromatic carbocycles. The summed E-state index contributed by atoms with van der Waals surface area (Å²) < 4.78 is 18.6. The summed E-state index contributed by atoms with van der Waals surface area (Å²) in [5.41, 5.74) is 4.60. The van der Waals surface area contributed by atoms with Gasteiger partial charge in [0.05, 0.1) is 13.2 Å². The predicted octanol–water partition coefficient (Wildman–Crippen LogP) is 1.49. The Balaban J connectivity index is 2.49. The van der Waals surface area contributed by atoms with Gasteiger partial charge in [0, 0.05) is 12.4 Å². The maximum Gasteiger partial charge on any atom is 0.237 e.